The maximum Gasteiger partial charge on any atom is 0.0947 e. The highest BCUT2D eigenvalue weighted by molar-refractivity contribution is 8.08. The normalized spacial score (nSPS) is 18.6. The number of nitrogens with zero attached hydrogens (tertiary/aromatic N) is 2. The van der Waals surface area contributed by atoms with Gasteiger partial charge >= 0.3 is 0 Å². The van der Waals surface area contributed by atoms with E-state index in [0.29, 0.717) is 6.04 Å². The number of hydrogen-bond donors (Lipinski definition) is 1. The fourth-order valence-corrected chi connectivity index (χ4v) is 6.40. The number of nitrogens with one attached hydrogen (secondary N) is 1. The molecule has 1 fully saturated rings. The van der Waals surface area contributed by atoms with Gasteiger partial charge in [-0.1, -0.05) is 48.2 Å². The number of thioether (sulfide) groups is 1. The minimum absolute atomic E-state index is 0.492. The lowest BCUT2D eigenvalue weighted by molar-refractivity contribution is 0.268. The minimum atomic E-state index is 0.492. The van der Waals surface area contributed by atoms with Crippen LogP contribution in [0.15, 0.2) is 58.9 Å². The summed E-state index contributed by atoms with van der Waals surface area (Å²) in [4.78, 5) is 8.76. The molecule has 0 spiro atoms. The first-order valence-electron chi connectivity index (χ1n) is 10.2. The van der Waals surface area contributed by atoms with Gasteiger partial charge in [0.2, 0.25) is 0 Å². The molecule has 1 saturated heterocycles. The second-order valence-electron chi connectivity index (χ2n) is 7.71. The lowest BCUT2D eigenvalue weighted by atomic mass is 10.0. The van der Waals surface area contributed by atoms with Crippen molar-refractivity contribution in [2.75, 3.05) is 19.6 Å². The zero-order chi connectivity index (χ0) is 19.6. The van der Waals surface area contributed by atoms with Crippen molar-refractivity contribution in [2.24, 2.45) is 0 Å². The van der Waals surface area contributed by atoms with Gasteiger partial charge in [0, 0.05) is 47.5 Å². The summed E-state index contributed by atoms with van der Waals surface area (Å²) >= 11 is 3.73. The molecule has 4 heterocycles. The number of rotatable bonds is 4. The van der Waals surface area contributed by atoms with Gasteiger partial charge in [0.05, 0.1) is 15.3 Å². The molecular formula is C24H25N3S2. The Kier molecular flexibility index (Phi) is 5.44. The van der Waals surface area contributed by atoms with Crippen molar-refractivity contribution in [2.45, 2.75) is 30.0 Å². The first kappa shape index (κ1) is 18.9. The van der Waals surface area contributed by atoms with Crippen LogP contribution in [0.3, 0.4) is 0 Å². The molecule has 5 heteroatoms. The highest BCUT2D eigenvalue weighted by Gasteiger charge is 2.26. The van der Waals surface area contributed by atoms with E-state index in [4.69, 9.17) is 4.98 Å². The largest absolute Gasteiger partial charge is 0.366 e. The van der Waals surface area contributed by atoms with Crippen LogP contribution in [0.2, 0.25) is 0 Å². The van der Waals surface area contributed by atoms with Gasteiger partial charge in [0.15, 0.2) is 0 Å². The van der Waals surface area contributed by atoms with Gasteiger partial charge in [-0.25, -0.2) is 0 Å². The summed E-state index contributed by atoms with van der Waals surface area (Å²) in [6.07, 6.45) is 4.19. The van der Waals surface area contributed by atoms with Gasteiger partial charge in [-0.05, 0) is 42.9 Å². The summed E-state index contributed by atoms with van der Waals surface area (Å²) in [6.45, 7) is 5.26. The molecule has 2 aliphatic rings. The average Bonchev–Trinajstić information content (AvgIpc) is 3.05. The van der Waals surface area contributed by atoms with Crippen molar-refractivity contribution in [3.8, 4) is 0 Å². The molecule has 1 unspecified atom stereocenters. The molecule has 0 radical (unpaired) electrons. The van der Waals surface area contributed by atoms with Crippen molar-refractivity contribution < 1.29 is 0 Å². The van der Waals surface area contributed by atoms with E-state index in [1.54, 1.807) is 0 Å². The zero-order valence-electron chi connectivity index (χ0n) is 16.6. The van der Waals surface area contributed by atoms with E-state index in [0.717, 1.165) is 37.8 Å². The van der Waals surface area contributed by atoms with Crippen molar-refractivity contribution in [3.63, 3.8) is 0 Å². The fraction of sp³-hybridized carbons (Fsp3) is 0.292. The molecule has 1 atom stereocenters. The van der Waals surface area contributed by atoms with E-state index in [9.17, 15) is 0 Å². The number of aryl methyl sites for hydroxylation is 2. The number of piperazine rings is 1. The standard InChI is InChI=1S/C24H25N3S2/c1-17-14-21-23(22-19(8-5-11-26-22)16-28-24(21)29-17)27-13-12-25-20(15-27)10-9-18-6-3-2-4-7-18/h2-8,11,14,16,20,25H,9-10,12-13,15H2,1H3. The van der Waals surface area contributed by atoms with Gasteiger partial charge in [0.1, 0.15) is 0 Å². The Morgan fingerprint density at radius 2 is 2.07 bits per heavy atom. The highest BCUT2D eigenvalue weighted by Crippen LogP contribution is 2.38. The molecule has 3 aromatic rings. The maximum atomic E-state index is 4.82. The predicted molar refractivity (Wildman–Crippen MR) is 124 cm³/mol. The second-order valence-corrected chi connectivity index (χ2v) is 10.1. The predicted octanol–water partition coefficient (Wildman–Crippen LogP) is 3.36. The molecule has 148 valence electrons. The van der Waals surface area contributed by atoms with Gasteiger partial charge in [-0.2, -0.15) is 0 Å². The van der Waals surface area contributed by atoms with Crippen LogP contribution >= 0.6 is 23.1 Å². The van der Waals surface area contributed by atoms with E-state index in [1.807, 2.05) is 35.4 Å². The molecule has 0 bridgehead atoms. The molecule has 2 aromatic heterocycles. The summed E-state index contributed by atoms with van der Waals surface area (Å²) < 4.78 is 1.38. The second kappa shape index (κ2) is 8.34. The first-order valence-corrected chi connectivity index (χ1v) is 11.9. The van der Waals surface area contributed by atoms with Crippen LogP contribution in [-0.4, -0.2) is 35.6 Å². The third-order valence-corrected chi connectivity index (χ3v) is 7.82. The number of pyridine rings is 1. The Balaban J connectivity index is 1.47. The Labute approximate surface area is 180 Å². The van der Waals surface area contributed by atoms with Gasteiger partial charge < -0.3 is 10.2 Å². The van der Waals surface area contributed by atoms with Crippen LogP contribution in [0.5, 0.6) is 0 Å². The van der Waals surface area contributed by atoms with Crippen LogP contribution in [0, 0.1) is 6.92 Å². The Hall–Kier alpha value is -2.08. The SMILES string of the molecule is Cc1cc2c(s1)SC=c1cccnc1=C2N1CCNC(CCc2ccccc2)C1. The van der Waals surface area contributed by atoms with E-state index in [-0.39, 0.29) is 0 Å². The molecular weight excluding hydrogens is 394 g/mol. The number of benzene rings is 1. The topological polar surface area (TPSA) is 28.2 Å². The summed E-state index contributed by atoms with van der Waals surface area (Å²) in [6, 6.07) is 17.9. The fourth-order valence-electron chi connectivity index (χ4n) is 4.23. The lowest BCUT2D eigenvalue weighted by Gasteiger charge is -2.36. The van der Waals surface area contributed by atoms with Crippen molar-refractivity contribution in [1.82, 2.24) is 15.2 Å². The molecule has 2 aliphatic heterocycles. The smallest absolute Gasteiger partial charge is 0.0947 e. The van der Waals surface area contributed by atoms with Gasteiger partial charge in [-0.15, -0.1) is 11.3 Å². The minimum Gasteiger partial charge on any atom is -0.366 e. The first-order chi connectivity index (χ1) is 14.3. The van der Waals surface area contributed by atoms with Crippen LogP contribution in [-0.2, 0) is 6.42 Å². The summed E-state index contributed by atoms with van der Waals surface area (Å²) in [5.41, 5.74) is 4.09. The number of aromatic nitrogens is 1. The van der Waals surface area contributed by atoms with Crippen molar-refractivity contribution in [3.05, 3.63) is 81.3 Å². The Morgan fingerprint density at radius 1 is 1.17 bits per heavy atom. The van der Waals surface area contributed by atoms with Crippen LogP contribution < -0.4 is 15.9 Å². The molecule has 0 saturated carbocycles. The number of thiophene rings is 1. The monoisotopic (exact) mass is 419 g/mol. The number of fused-ring (bicyclic) bond motifs is 2. The zero-order valence-corrected chi connectivity index (χ0v) is 18.2. The van der Waals surface area contributed by atoms with E-state index >= 15 is 0 Å². The maximum absolute atomic E-state index is 4.82. The van der Waals surface area contributed by atoms with Crippen LogP contribution in [0.1, 0.15) is 22.4 Å². The summed E-state index contributed by atoms with van der Waals surface area (Å²) in [7, 11) is 0. The Bertz CT molecular complexity index is 1120. The lowest BCUT2D eigenvalue weighted by Crippen LogP contribution is -2.51. The molecule has 3 nitrogen and oxygen atoms in total. The quantitative estimate of drug-likeness (QED) is 0.702. The molecule has 5 rings (SSSR count). The molecule has 29 heavy (non-hydrogen) atoms. The molecule has 1 N–H and O–H groups in total. The third kappa shape index (κ3) is 4.00. The van der Waals surface area contributed by atoms with E-state index in [1.165, 1.54) is 31.1 Å². The molecule has 0 aliphatic carbocycles. The van der Waals surface area contributed by atoms with E-state index in [2.05, 4.69) is 65.0 Å². The van der Waals surface area contributed by atoms with Gasteiger partial charge in [-0.3, -0.25) is 4.98 Å². The van der Waals surface area contributed by atoms with Crippen molar-refractivity contribution >= 4 is 34.2 Å². The summed E-state index contributed by atoms with van der Waals surface area (Å²) in [5, 5.41) is 8.36. The third-order valence-electron chi connectivity index (χ3n) is 5.63. The Morgan fingerprint density at radius 3 is 2.97 bits per heavy atom. The summed E-state index contributed by atoms with van der Waals surface area (Å²) in [5.74, 6) is 0. The van der Waals surface area contributed by atoms with Crippen LogP contribution in [0.4, 0.5) is 0 Å². The van der Waals surface area contributed by atoms with Gasteiger partial charge in [0.25, 0.3) is 0 Å². The average molecular weight is 420 g/mol. The molecule has 1 aromatic carbocycles. The highest BCUT2D eigenvalue weighted by atomic mass is 32.2. The van der Waals surface area contributed by atoms with Crippen LogP contribution in [0.25, 0.3) is 11.1 Å². The van der Waals surface area contributed by atoms with E-state index < -0.39 is 0 Å². The van der Waals surface area contributed by atoms with Crippen molar-refractivity contribution in [1.29, 1.82) is 0 Å². The number of hydrogen-bond acceptors (Lipinski definition) is 5. The molecule has 0 amide bonds.